The summed E-state index contributed by atoms with van der Waals surface area (Å²) in [6, 6.07) is 12.9. The molecular weight excluding hydrogens is 347 g/mol. The van der Waals surface area contributed by atoms with Gasteiger partial charge in [-0.25, -0.2) is 4.39 Å². The smallest absolute Gasteiger partial charge is 0.243 e. The van der Waals surface area contributed by atoms with E-state index >= 15 is 0 Å². The number of anilines is 2. The third-order valence-corrected chi connectivity index (χ3v) is 4.36. The van der Waals surface area contributed by atoms with E-state index in [4.69, 9.17) is 0 Å². The van der Waals surface area contributed by atoms with Crippen LogP contribution in [0.1, 0.15) is 12.5 Å². The van der Waals surface area contributed by atoms with Crippen molar-refractivity contribution in [3.05, 3.63) is 58.3 Å². The van der Waals surface area contributed by atoms with Gasteiger partial charge in [0.25, 0.3) is 0 Å². The predicted molar refractivity (Wildman–Crippen MR) is 89.7 cm³/mol. The number of nitrogens with one attached hydrogen (secondary N) is 1. The maximum Gasteiger partial charge on any atom is 0.243 e. The maximum atomic E-state index is 13.8. The Morgan fingerprint density at radius 2 is 2.14 bits per heavy atom. The van der Waals surface area contributed by atoms with Gasteiger partial charge in [0.15, 0.2) is 0 Å². The lowest BCUT2D eigenvalue weighted by atomic mass is 10.1. The van der Waals surface area contributed by atoms with Gasteiger partial charge in [0.2, 0.25) is 5.91 Å². The molecular formula is C17H16BrFN2O. The molecule has 0 saturated carbocycles. The molecule has 0 fully saturated rings. The first-order valence-corrected chi connectivity index (χ1v) is 7.93. The average Bonchev–Trinajstić information content (AvgIpc) is 2.78. The van der Waals surface area contributed by atoms with Crippen LogP contribution in [0.4, 0.5) is 15.8 Å². The summed E-state index contributed by atoms with van der Waals surface area (Å²) < 4.78 is 14.4. The molecule has 0 aliphatic carbocycles. The molecule has 0 bridgehead atoms. The van der Waals surface area contributed by atoms with Gasteiger partial charge in [-0.05, 0) is 43.2 Å². The topological polar surface area (TPSA) is 32.3 Å². The molecule has 0 spiro atoms. The van der Waals surface area contributed by atoms with Crippen molar-refractivity contribution >= 4 is 33.2 Å². The maximum absolute atomic E-state index is 13.8. The number of fused-ring (bicyclic) bond motifs is 1. The summed E-state index contributed by atoms with van der Waals surface area (Å²) in [6.45, 7) is 2.31. The van der Waals surface area contributed by atoms with Gasteiger partial charge in [-0.3, -0.25) is 4.79 Å². The molecule has 0 aromatic heterocycles. The molecule has 1 N–H and O–H groups in total. The van der Waals surface area contributed by atoms with E-state index in [9.17, 15) is 9.18 Å². The lowest BCUT2D eigenvalue weighted by Crippen LogP contribution is -2.37. The Morgan fingerprint density at radius 1 is 1.36 bits per heavy atom. The lowest BCUT2D eigenvalue weighted by Gasteiger charge is -2.24. The second-order valence-electron chi connectivity index (χ2n) is 5.48. The van der Waals surface area contributed by atoms with Crippen molar-refractivity contribution < 1.29 is 9.18 Å². The fourth-order valence-corrected chi connectivity index (χ4v) is 3.14. The molecule has 22 heavy (non-hydrogen) atoms. The van der Waals surface area contributed by atoms with E-state index in [1.807, 2.05) is 18.2 Å². The van der Waals surface area contributed by atoms with Crippen LogP contribution >= 0.6 is 15.9 Å². The zero-order valence-corrected chi connectivity index (χ0v) is 13.7. The number of carbonyl (C=O) groups excluding carboxylic acids is 1. The first-order valence-electron chi connectivity index (χ1n) is 7.14. The second-order valence-corrected chi connectivity index (χ2v) is 6.40. The van der Waals surface area contributed by atoms with Gasteiger partial charge < -0.3 is 10.2 Å². The molecule has 5 heteroatoms. The number of halogens is 2. The Balaban J connectivity index is 1.72. The van der Waals surface area contributed by atoms with E-state index in [0.29, 0.717) is 4.47 Å². The third-order valence-electron chi connectivity index (χ3n) is 3.87. The molecule has 1 atom stereocenters. The molecule has 2 aromatic carbocycles. The highest BCUT2D eigenvalue weighted by Gasteiger charge is 2.27. The van der Waals surface area contributed by atoms with E-state index in [0.717, 1.165) is 12.1 Å². The van der Waals surface area contributed by atoms with E-state index < -0.39 is 5.82 Å². The highest BCUT2D eigenvalue weighted by Crippen LogP contribution is 2.31. The molecule has 0 saturated heterocycles. The van der Waals surface area contributed by atoms with Gasteiger partial charge in [-0.1, -0.05) is 34.1 Å². The van der Waals surface area contributed by atoms with E-state index in [1.54, 1.807) is 12.1 Å². The van der Waals surface area contributed by atoms with Gasteiger partial charge >= 0.3 is 0 Å². The largest absolute Gasteiger partial charge is 0.359 e. The summed E-state index contributed by atoms with van der Waals surface area (Å²) >= 11 is 3.20. The molecule has 3 rings (SSSR count). The molecule has 0 unspecified atom stereocenters. The van der Waals surface area contributed by atoms with Crippen molar-refractivity contribution in [2.45, 2.75) is 19.4 Å². The van der Waals surface area contributed by atoms with Crippen molar-refractivity contribution in [2.24, 2.45) is 0 Å². The van der Waals surface area contributed by atoms with Crippen molar-refractivity contribution in [1.29, 1.82) is 0 Å². The molecule has 2 aromatic rings. The lowest BCUT2D eigenvalue weighted by molar-refractivity contribution is -0.115. The summed E-state index contributed by atoms with van der Waals surface area (Å²) in [5, 5.41) is 2.64. The highest BCUT2D eigenvalue weighted by atomic mass is 79.9. The van der Waals surface area contributed by atoms with Crippen LogP contribution in [-0.2, 0) is 11.2 Å². The quantitative estimate of drug-likeness (QED) is 0.895. The van der Waals surface area contributed by atoms with Crippen molar-refractivity contribution in [2.75, 3.05) is 16.8 Å². The summed E-state index contributed by atoms with van der Waals surface area (Å²) in [6.07, 6.45) is 0.927. The van der Waals surface area contributed by atoms with Gasteiger partial charge in [0.05, 0.1) is 12.2 Å². The number of benzene rings is 2. The average molecular weight is 363 g/mol. The van der Waals surface area contributed by atoms with Gasteiger partial charge in [-0.15, -0.1) is 0 Å². The molecule has 0 radical (unpaired) electrons. The number of rotatable bonds is 3. The summed E-state index contributed by atoms with van der Waals surface area (Å²) in [5.41, 5.74) is 2.53. The van der Waals surface area contributed by atoms with Crippen LogP contribution < -0.4 is 10.2 Å². The Bertz CT molecular complexity index is 720. The first-order chi connectivity index (χ1) is 10.5. The number of amides is 1. The van der Waals surface area contributed by atoms with E-state index in [-0.39, 0.29) is 24.2 Å². The van der Waals surface area contributed by atoms with Crippen LogP contribution in [0.2, 0.25) is 0 Å². The molecule has 114 valence electrons. The molecule has 1 amide bonds. The first kappa shape index (κ1) is 15.0. The minimum atomic E-state index is -0.447. The van der Waals surface area contributed by atoms with Crippen molar-refractivity contribution in [3.63, 3.8) is 0 Å². The molecule has 1 aliphatic rings. The Hall–Kier alpha value is -1.88. The SMILES string of the molecule is C[C@@H]1Cc2ccccc2N1CC(=O)Nc1ccc(Br)cc1F. The summed E-state index contributed by atoms with van der Waals surface area (Å²) in [4.78, 5) is 14.3. The summed E-state index contributed by atoms with van der Waals surface area (Å²) in [5.74, 6) is -0.664. The fourth-order valence-electron chi connectivity index (χ4n) is 2.81. The van der Waals surface area contributed by atoms with Crippen LogP contribution in [0.15, 0.2) is 46.9 Å². The third kappa shape index (κ3) is 2.99. The van der Waals surface area contributed by atoms with E-state index in [1.165, 1.54) is 11.6 Å². The highest BCUT2D eigenvalue weighted by molar-refractivity contribution is 9.10. The monoisotopic (exact) mass is 362 g/mol. The fraction of sp³-hybridized carbons (Fsp3) is 0.235. The van der Waals surface area contributed by atoms with E-state index in [2.05, 4.69) is 39.1 Å². The molecule has 1 heterocycles. The Kier molecular flexibility index (Phi) is 4.16. The summed E-state index contributed by atoms with van der Waals surface area (Å²) in [7, 11) is 0. The number of hydrogen-bond donors (Lipinski definition) is 1. The van der Waals surface area contributed by atoms with Crippen LogP contribution in [0.3, 0.4) is 0 Å². The van der Waals surface area contributed by atoms with Crippen molar-refractivity contribution in [3.8, 4) is 0 Å². The minimum absolute atomic E-state index is 0.202. The van der Waals surface area contributed by atoms with Crippen LogP contribution in [0.5, 0.6) is 0 Å². The Labute approximate surface area is 137 Å². The van der Waals surface area contributed by atoms with Crippen LogP contribution in [-0.4, -0.2) is 18.5 Å². The zero-order valence-electron chi connectivity index (χ0n) is 12.1. The predicted octanol–water partition coefficient (Wildman–Crippen LogP) is 3.98. The standard InChI is InChI=1S/C17H16BrFN2O/c1-11-8-12-4-2-3-5-16(12)21(11)10-17(22)20-15-7-6-13(18)9-14(15)19/h2-7,9,11H,8,10H2,1H3,(H,20,22)/t11-/m1/s1. The number of nitrogens with zero attached hydrogens (tertiary/aromatic N) is 1. The van der Waals surface area contributed by atoms with Crippen molar-refractivity contribution in [1.82, 2.24) is 0 Å². The second kappa shape index (κ2) is 6.08. The number of hydrogen-bond acceptors (Lipinski definition) is 2. The molecule has 3 nitrogen and oxygen atoms in total. The number of carbonyl (C=O) groups is 1. The normalized spacial score (nSPS) is 16.5. The molecule has 1 aliphatic heterocycles. The van der Waals surface area contributed by atoms with Gasteiger partial charge in [0.1, 0.15) is 5.82 Å². The van der Waals surface area contributed by atoms with Crippen LogP contribution in [0, 0.1) is 5.82 Å². The van der Waals surface area contributed by atoms with Gasteiger partial charge in [-0.2, -0.15) is 0 Å². The zero-order chi connectivity index (χ0) is 15.7. The van der Waals surface area contributed by atoms with Gasteiger partial charge in [0, 0.05) is 16.2 Å². The number of para-hydroxylation sites is 1. The Morgan fingerprint density at radius 3 is 2.91 bits per heavy atom. The minimum Gasteiger partial charge on any atom is -0.359 e. The van der Waals surface area contributed by atoms with Crippen LogP contribution in [0.25, 0.3) is 0 Å².